The second kappa shape index (κ2) is 10.0. The molecule has 0 saturated heterocycles. The maximum absolute atomic E-state index is 6.59. The molecule has 3 aromatic carbocycles. The molecule has 0 saturated carbocycles. The van der Waals surface area contributed by atoms with Gasteiger partial charge >= 0.3 is 17.5 Å². The molecule has 0 radical (unpaired) electrons. The van der Waals surface area contributed by atoms with Crippen molar-refractivity contribution in [1.29, 1.82) is 0 Å². The first-order valence-electron chi connectivity index (χ1n) is 11.1. The summed E-state index contributed by atoms with van der Waals surface area (Å²) in [6.07, 6.45) is 0. The maximum Gasteiger partial charge on any atom is 0.404 e. The number of halogens is 3. The molecule has 0 aliphatic heterocycles. The lowest BCUT2D eigenvalue weighted by atomic mass is 10.3. The summed E-state index contributed by atoms with van der Waals surface area (Å²) in [4.78, 5) is 8.10. The average Bonchev–Trinajstić information content (AvgIpc) is 3.46. The number of hydrogen-bond donors (Lipinski definition) is 0. The zero-order valence-electron chi connectivity index (χ0n) is 20.4. The molecule has 0 spiro atoms. The van der Waals surface area contributed by atoms with Gasteiger partial charge in [0.1, 0.15) is 29.9 Å². The number of aryl methyl sites for hydroxylation is 1. The Balaban J connectivity index is 1.74. The van der Waals surface area contributed by atoms with Crippen molar-refractivity contribution in [2.24, 2.45) is 7.05 Å². The topological polar surface area (TPSA) is 74.8 Å². The molecule has 0 N–H and O–H groups in total. The maximum atomic E-state index is 6.59. The average molecular weight is 559 g/mol. The molecule has 5 rings (SSSR count). The SMILES string of the molecule is COc1ccc(-n2nc(-c3nc(C)[n+](C)n3-c3c(Cl)cc(Cl)cc3Cl)n[n+]2-c2ccc(OC)cc2)cc1. The predicted molar refractivity (Wildman–Crippen MR) is 139 cm³/mol. The minimum Gasteiger partial charge on any atom is -0.497 e. The monoisotopic (exact) mass is 557 g/mol. The van der Waals surface area contributed by atoms with Crippen molar-refractivity contribution >= 4 is 34.8 Å². The second-order valence-corrected chi connectivity index (χ2v) is 9.29. The van der Waals surface area contributed by atoms with Crippen molar-refractivity contribution < 1.29 is 19.0 Å². The highest BCUT2D eigenvalue weighted by molar-refractivity contribution is 6.40. The summed E-state index contributed by atoms with van der Waals surface area (Å²) in [6, 6.07) is 18.2. The van der Waals surface area contributed by atoms with Crippen LogP contribution in [0.1, 0.15) is 5.82 Å². The van der Waals surface area contributed by atoms with E-state index in [0.29, 0.717) is 38.2 Å². The fourth-order valence-electron chi connectivity index (χ4n) is 3.84. The van der Waals surface area contributed by atoms with Crippen molar-refractivity contribution in [2.45, 2.75) is 6.92 Å². The number of methoxy groups -OCH3 is 2. The number of rotatable bonds is 6. The standard InChI is InChI=1S/C25H22Cl3N7O2/c1-15-29-25(33(32(15)2)23-21(27)13-16(26)14-22(23)28)24-30-34(17-5-9-19(36-3)10-6-17)35(31-24)18-7-11-20(37-4)12-8-18/h5-14H,1-4H3/q+2. The Morgan fingerprint density at radius 3 is 1.97 bits per heavy atom. The largest absolute Gasteiger partial charge is 0.497 e. The molecule has 2 aromatic heterocycles. The highest BCUT2D eigenvalue weighted by Gasteiger charge is 2.35. The normalized spacial score (nSPS) is 11.1. The highest BCUT2D eigenvalue weighted by Crippen LogP contribution is 2.33. The fourth-order valence-corrected chi connectivity index (χ4v) is 4.81. The van der Waals surface area contributed by atoms with Gasteiger partial charge < -0.3 is 9.47 Å². The van der Waals surface area contributed by atoms with Gasteiger partial charge in [0.15, 0.2) is 5.69 Å². The van der Waals surface area contributed by atoms with Gasteiger partial charge in [-0.2, -0.15) is 4.68 Å². The fraction of sp³-hybridized carbons (Fsp3) is 0.160. The van der Waals surface area contributed by atoms with Crippen LogP contribution in [0.4, 0.5) is 0 Å². The summed E-state index contributed by atoms with van der Waals surface area (Å²) >= 11 is 19.3. The summed E-state index contributed by atoms with van der Waals surface area (Å²) in [5.74, 6) is 2.95. The van der Waals surface area contributed by atoms with Crippen LogP contribution in [0.5, 0.6) is 11.5 Å². The first-order chi connectivity index (χ1) is 17.8. The van der Waals surface area contributed by atoms with Crippen LogP contribution in [-0.4, -0.2) is 38.9 Å². The van der Waals surface area contributed by atoms with E-state index in [1.165, 1.54) is 0 Å². The summed E-state index contributed by atoms with van der Waals surface area (Å²) < 4.78 is 14.2. The number of tetrazole rings is 1. The lowest BCUT2D eigenvalue weighted by molar-refractivity contribution is -0.750. The molecule has 37 heavy (non-hydrogen) atoms. The van der Waals surface area contributed by atoms with Crippen molar-refractivity contribution in [3.63, 3.8) is 0 Å². The van der Waals surface area contributed by atoms with Gasteiger partial charge in [-0.25, -0.2) is 0 Å². The Labute approximate surface area is 227 Å². The zero-order valence-corrected chi connectivity index (χ0v) is 22.6. The van der Waals surface area contributed by atoms with E-state index in [-0.39, 0.29) is 0 Å². The summed E-state index contributed by atoms with van der Waals surface area (Å²) in [5, 5.41) is 10.8. The van der Waals surface area contributed by atoms with Crippen LogP contribution >= 0.6 is 34.8 Å². The summed E-state index contributed by atoms with van der Waals surface area (Å²) in [5.41, 5.74) is 2.04. The molecule has 0 atom stereocenters. The van der Waals surface area contributed by atoms with Crippen LogP contribution in [0.2, 0.25) is 15.1 Å². The van der Waals surface area contributed by atoms with Gasteiger partial charge in [-0.05, 0) is 70.4 Å². The minimum atomic E-state index is 0.345. The van der Waals surface area contributed by atoms with E-state index < -0.39 is 0 Å². The molecule has 0 aliphatic carbocycles. The molecule has 0 unspecified atom stereocenters. The van der Waals surface area contributed by atoms with Gasteiger partial charge in [0.05, 0.1) is 29.4 Å². The Morgan fingerprint density at radius 1 is 0.838 bits per heavy atom. The van der Waals surface area contributed by atoms with Crippen LogP contribution < -0.4 is 19.0 Å². The first kappa shape index (κ1) is 25.0. The smallest absolute Gasteiger partial charge is 0.404 e. The van der Waals surface area contributed by atoms with Crippen LogP contribution in [0.25, 0.3) is 28.7 Å². The third-order valence-corrected chi connectivity index (χ3v) is 6.59. The van der Waals surface area contributed by atoms with Crippen LogP contribution in [0, 0.1) is 6.92 Å². The quantitative estimate of drug-likeness (QED) is 0.287. The third-order valence-electron chi connectivity index (χ3n) is 5.80. The minimum absolute atomic E-state index is 0.345. The van der Waals surface area contributed by atoms with Crippen molar-refractivity contribution in [3.8, 4) is 40.2 Å². The Morgan fingerprint density at radius 2 is 1.41 bits per heavy atom. The van der Waals surface area contributed by atoms with Gasteiger partial charge in [-0.3, -0.25) is 0 Å². The van der Waals surface area contributed by atoms with Gasteiger partial charge in [-0.15, -0.1) is 4.68 Å². The lowest BCUT2D eigenvalue weighted by Crippen LogP contribution is -2.43. The van der Waals surface area contributed by atoms with Crippen LogP contribution in [-0.2, 0) is 7.05 Å². The van der Waals surface area contributed by atoms with Gasteiger partial charge in [0, 0.05) is 21.8 Å². The molecular weight excluding hydrogens is 537 g/mol. The second-order valence-electron chi connectivity index (χ2n) is 8.03. The van der Waals surface area contributed by atoms with Crippen LogP contribution in [0.3, 0.4) is 0 Å². The third kappa shape index (κ3) is 4.61. The van der Waals surface area contributed by atoms with Crippen LogP contribution in [0.15, 0.2) is 60.7 Å². The summed E-state index contributed by atoms with van der Waals surface area (Å²) in [7, 11) is 5.09. The number of hydrogen-bond acceptors (Lipinski definition) is 5. The Hall–Kier alpha value is -3.66. The van der Waals surface area contributed by atoms with E-state index in [4.69, 9.17) is 59.5 Å². The molecule has 188 valence electrons. The molecule has 0 bridgehead atoms. The lowest BCUT2D eigenvalue weighted by Gasteiger charge is -2.08. The number of aromatic nitrogens is 7. The van der Waals surface area contributed by atoms with Crippen molar-refractivity contribution in [2.75, 3.05) is 14.2 Å². The van der Waals surface area contributed by atoms with E-state index in [1.54, 1.807) is 40.6 Å². The molecule has 5 aromatic rings. The first-order valence-corrected chi connectivity index (χ1v) is 12.2. The van der Waals surface area contributed by atoms with E-state index in [2.05, 4.69) is 0 Å². The molecule has 2 heterocycles. The van der Waals surface area contributed by atoms with Crippen molar-refractivity contribution in [3.05, 3.63) is 81.6 Å². The molecule has 9 nitrogen and oxygen atoms in total. The van der Waals surface area contributed by atoms with Gasteiger partial charge in [0.2, 0.25) is 0 Å². The van der Waals surface area contributed by atoms with E-state index in [9.17, 15) is 0 Å². The van der Waals surface area contributed by atoms with E-state index >= 15 is 0 Å². The number of benzene rings is 3. The highest BCUT2D eigenvalue weighted by atomic mass is 35.5. The van der Waals surface area contributed by atoms with Gasteiger partial charge in [-0.1, -0.05) is 34.8 Å². The number of nitrogens with zero attached hydrogens (tertiary/aromatic N) is 7. The summed E-state index contributed by atoms with van der Waals surface area (Å²) in [6.45, 7) is 1.87. The number of ether oxygens (including phenoxy) is 2. The molecular formula is C25H22Cl3N7O2+2. The Bertz CT molecular complexity index is 1510. The van der Waals surface area contributed by atoms with E-state index in [1.807, 2.05) is 67.2 Å². The Kier molecular flexibility index (Phi) is 6.76. The zero-order chi connectivity index (χ0) is 26.3. The van der Waals surface area contributed by atoms with E-state index in [0.717, 1.165) is 22.9 Å². The van der Waals surface area contributed by atoms with Crippen molar-refractivity contribution in [1.82, 2.24) is 24.7 Å². The predicted octanol–water partition coefficient (Wildman–Crippen LogP) is 4.51. The molecule has 12 heteroatoms. The van der Waals surface area contributed by atoms with Gasteiger partial charge in [0.25, 0.3) is 0 Å². The molecule has 0 amide bonds. The molecule has 0 aliphatic rings. The molecule has 0 fully saturated rings.